The highest BCUT2D eigenvalue weighted by atomic mass is 19.4. The second-order valence-corrected chi connectivity index (χ2v) is 4.56. The molecule has 0 atom stereocenters. The minimum atomic E-state index is -4.28. The Morgan fingerprint density at radius 2 is 1.59 bits per heavy atom. The topological polar surface area (TPSA) is 24.1 Å². The highest BCUT2D eigenvalue weighted by molar-refractivity contribution is 5.45. The van der Waals surface area contributed by atoms with Gasteiger partial charge in [-0.1, -0.05) is 0 Å². The largest absolute Gasteiger partial charge is 0.416 e. The zero-order valence-corrected chi connectivity index (χ0v) is 10.2. The standard InChI is InChI=1S/C12H17F3N2/c1-11(2,16-3)8-17-10-6-4-9(5-7-10)12(13,14)15/h4-7,16-17H,8H2,1-3H3. The van der Waals surface area contributed by atoms with Crippen molar-refractivity contribution < 1.29 is 13.2 Å². The molecule has 0 spiro atoms. The first kappa shape index (κ1) is 13.8. The van der Waals surface area contributed by atoms with Crippen LogP contribution in [0.15, 0.2) is 24.3 Å². The van der Waals surface area contributed by atoms with E-state index in [0.717, 1.165) is 12.1 Å². The fourth-order valence-corrected chi connectivity index (χ4v) is 1.19. The molecule has 1 aromatic carbocycles. The van der Waals surface area contributed by atoms with Crippen LogP contribution < -0.4 is 10.6 Å². The summed E-state index contributed by atoms with van der Waals surface area (Å²) in [4.78, 5) is 0. The number of alkyl halides is 3. The van der Waals surface area contributed by atoms with Gasteiger partial charge in [-0.05, 0) is 45.2 Å². The van der Waals surface area contributed by atoms with Crippen LogP contribution in [-0.2, 0) is 6.18 Å². The summed E-state index contributed by atoms with van der Waals surface area (Å²) in [7, 11) is 1.84. The number of rotatable bonds is 4. The summed E-state index contributed by atoms with van der Waals surface area (Å²) >= 11 is 0. The lowest BCUT2D eigenvalue weighted by molar-refractivity contribution is -0.137. The van der Waals surface area contributed by atoms with Crippen molar-refractivity contribution in [3.05, 3.63) is 29.8 Å². The highest BCUT2D eigenvalue weighted by Gasteiger charge is 2.29. The van der Waals surface area contributed by atoms with Gasteiger partial charge in [0.1, 0.15) is 0 Å². The van der Waals surface area contributed by atoms with Gasteiger partial charge in [-0.3, -0.25) is 0 Å². The van der Waals surface area contributed by atoms with Crippen LogP contribution in [0.3, 0.4) is 0 Å². The molecule has 0 radical (unpaired) electrons. The lowest BCUT2D eigenvalue weighted by Crippen LogP contribution is -2.42. The van der Waals surface area contributed by atoms with Gasteiger partial charge >= 0.3 is 6.18 Å². The van der Waals surface area contributed by atoms with Gasteiger partial charge in [-0.15, -0.1) is 0 Å². The number of anilines is 1. The molecule has 0 amide bonds. The molecule has 2 nitrogen and oxygen atoms in total. The summed E-state index contributed by atoms with van der Waals surface area (Å²) in [5.41, 5.74) is -0.0554. The molecular formula is C12H17F3N2. The van der Waals surface area contributed by atoms with Crippen molar-refractivity contribution >= 4 is 5.69 Å². The number of likely N-dealkylation sites (N-methyl/N-ethyl adjacent to an activating group) is 1. The van der Waals surface area contributed by atoms with Crippen LogP contribution >= 0.6 is 0 Å². The number of benzene rings is 1. The van der Waals surface area contributed by atoms with Crippen molar-refractivity contribution in [3.63, 3.8) is 0 Å². The summed E-state index contributed by atoms with van der Waals surface area (Å²) in [6, 6.07) is 5.03. The van der Waals surface area contributed by atoms with Gasteiger partial charge in [-0.25, -0.2) is 0 Å². The summed E-state index contributed by atoms with van der Waals surface area (Å²) in [5.74, 6) is 0. The molecule has 0 aliphatic heterocycles. The second-order valence-electron chi connectivity index (χ2n) is 4.56. The van der Waals surface area contributed by atoms with E-state index in [4.69, 9.17) is 0 Å². The lowest BCUT2D eigenvalue weighted by Gasteiger charge is -2.25. The van der Waals surface area contributed by atoms with Crippen LogP contribution in [0.5, 0.6) is 0 Å². The molecular weight excluding hydrogens is 229 g/mol. The molecule has 17 heavy (non-hydrogen) atoms. The molecule has 96 valence electrons. The summed E-state index contributed by atoms with van der Waals surface area (Å²) < 4.78 is 37.0. The van der Waals surface area contributed by atoms with Crippen molar-refractivity contribution in [1.29, 1.82) is 0 Å². The number of nitrogens with one attached hydrogen (secondary N) is 2. The molecule has 0 heterocycles. The van der Waals surface area contributed by atoms with Crippen LogP contribution in [0.25, 0.3) is 0 Å². The van der Waals surface area contributed by atoms with E-state index in [1.165, 1.54) is 12.1 Å². The zero-order valence-electron chi connectivity index (χ0n) is 10.2. The molecule has 1 rings (SSSR count). The summed E-state index contributed by atoms with van der Waals surface area (Å²) in [6.45, 7) is 4.64. The molecule has 0 aliphatic carbocycles. The van der Waals surface area contributed by atoms with E-state index in [9.17, 15) is 13.2 Å². The Morgan fingerprint density at radius 3 is 2.00 bits per heavy atom. The third-order valence-corrected chi connectivity index (χ3v) is 2.62. The third-order valence-electron chi connectivity index (χ3n) is 2.62. The SMILES string of the molecule is CNC(C)(C)CNc1ccc(C(F)(F)F)cc1. The highest BCUT2D eigenvalue weighted by Crippen LogP contribution is 2.29. The molecule has 0 unspecified atom stereocenters. The Balaban J connectivity index is 2.64. The lowest BCUT2D eigenvalue weighted by atomic mass is 10.1. The normalized spacial score (nSPS) is 12.6. The Labute approximate surface area is 99.2 Å². The minimum Gasteiger partial charge on any atom is -0.383 e. The quantitative estimate of drug-likeness (QED) is 0.853. The molecule has 0 aliphatic rings. The van der Waals surface area contributed by atoms with Crippen molar-refractivity contribution in [3.8, 4) is 0 Å². The van der Waals surface area contributed by atoms with Gasteiger partial charge in [-0.2, -0.15) is 13.2 Å². The molecule has 1 aromatic rings. The number of hydrogen-bond donors (Lipinski definition) is 2. The minimum absolute atomic E-state index is 0.108. The van der Waals surface area contributed by atoms with Gasteiger partial charge in [0.25, 0.3) is 0 Å². The average molecular weight is 246 g/mol. The molecule has 5 heteroatoms. The maximum Gasteiger partial charge on any atom is 0.416 e. The van der Waals surface area contributed by atoms with Crippen LogP contribution in [0, 0.1) is 0 Å². The van der Waals surface area contributed by atoms with Crippen molar-refractivity contribution in [1.82, 2.24) is 5.32 Å². The van der Waals surface area contributed by atoms with E-state index >= 15 is 0 Å². The summed E-state index contributed by atoms with van der Waals surface area (Å²) in [5, 5.41) is 6.19. The van der Waals surface area contributed by atoms with Gasteiger partial charge in [0.2, 0.25) is 0 Å². The Bertz CT molecular complexity index is 355. The van der Waals surface area contributed by atoms with E-state index in [-0.39, 0.29) is 5.54 Å². The van der Waals surface area contributed by atoms with Crippen LogP contribution in [-0.4, -0.2) is 19.1 Å². The molecule has 0 saturated heterocycles. The predicted molar refractivity (Wildman–Crippen MR) is 63.1 cm³/mol. The predicted octanol–water partition coefficient (Wildman–Crippen LogP) is 3.12. The van der Waals surface area contributed by atoms with Crippen molar-refractivity contribution in [2.24, 2.45) is 0 Å². The van der Waals surface area contributed by atoms with Gasteiger partial charge in [0.05, 0.1) is 5.56 Å². The Kier molecular flexibility index (Phi) is 4.03. The zero-order chi connectivity index (χ0) is 13.1. The van der Waals surface area contributed by atoms with Crippen LogP contribution in [0.1, 0.15) is 19.4 Å². The maximum absolute atomic E-state index is 12.3. The van der Waals surface area contributed by atoms with Crippen molar-refractivity contribution in [2.45, 2.75) is 25.6 Å². The van der Waals surface area contributed by atoms with Gasteiger partial charge in [0, 0.05) is 17.8 Å². The van der Waals surface area contributed by atoms with E-state index in [0.29, 0.717) is 12.2 Å². The Morgan fingerprint density at radius 1 is 1.06 bits per heavy atom. The van der Waals surface area contributed by atoms with Crippen molar-refractivity contribution in [2.75, 3.05) is 18.9 Å². The Hall–Kier alpha value is -1.23. The molecule has 0 fully saturated rings. The molecule has 2 N–H and O–H groups in total. The maximum atomic E-state index is 12.3. The first-order valence-electron chi connectivity index (χ1n) is 5.35. The molecule has 0 saturated carbocycles. The van der Waals surface area contributed by atoms with E-state index in [2.05, 4.69) is 10.6 Å². The molecule has 0 bridgehead atoms. The summed E-state index contributed by atoms with van der Waals surface area (Å²) in [6.07, 6.45) is -4.28. The van der Waals surface area contributed by atoms with Gasteiger partial charge in [0.15, 0.2) is 0 Å². The van der Waals surface area contributed by atoms with E-state index in [1.807, 2.05) is 20.9 Å². The number of hydrogen-bond acceptors (Lipinski definition) is 2. The second kappa shape index (κ2) is 4.96. The number of halogens is 3. The first-order valence-corrected chi connectivity index (χ1v) is 5.35. The average Bonchev–Trinajstić information content (AvgIpc) is 2.26. The van der Waals surface area contributed by atoms with E-state index < -0.39 is 11.7 Å². The van der Waals surface area contributed by atoms with E-state index in [1.54, 1.807) is 0 Å². The van der Waals surface area contributed by atoms with Crippen LogP contribution in [0.4, 0.5) is 18.9 Å². The fourth-order valence-electron chi connectivity index (χ4n) is 1.19. The molecule has 0 aromatic heterocycles. The first-order chi connectivity index (χ1) is 7.74. The monoisotopic (exact) mass is 246 g/mol. The van der Waals surface area contributed by atoms with Crippen LogP contribution in [0.2, 0.25) is 0 Å². The fraction of sp³-hybridized carbons (Fsp3) is 0.500. The smallest absolute Gasteiger partial charge is 0.383 e. The van der Waals surface area contributed by atoms with Gasteiger partial charge < -0.3 is 10.6 Å². The third kappa shape index (κ3) is 4.26.